The first-order valence-corrected chi connectivity index (χ1v) is 7.10. The molecule has 4 nitrogen and oxygen atoms in total. The molecule has 0 spiro atoms. The highest BCUT2D eigenvalue weighted by Crippen LogP contribution is 2.25. The average molecular weight is 298 g/mol. The number of hydrogen-bond acceptors (Lipinski definition) is 3. The lowest BCUT2D eigenvalue weighted by Gasteiger charge is -2.33. The number of β-amino-alcohol motifs (C(OH)–C–C–N with tert-alkyl or cyclic N) is 1. The summed E-state index contributed by atoms with van der Waals surface area (Å²) in [4.78, 5) is 12.9. The minimum absolute atomic E-state index is 0.146. The predicted molar refractivity (Wildman–Crippen MR) is 74.3 cm³/mol. The number of hydrogen-bond donors (Lipinski definition) is 2. The summed E-state index contributed by atoms with van der Waals surface area (Å²) in [7, 11) is 0. The van der Waals surface area contributed by atoms with Gasteiger partial charge in [0.1, 0.15) is 11.6 Å². The molecule has 1 saturated heterocycles. The Balaban J connectivity index is 1.99. The van der Waals surface area contributed by atoms with E-state index in [1.54, 1.807) is 0 Å². The molecular formula is C15H20F2N2O2. The molecule has 3 N–H and O–H groups in total. The van der Waals surface area contributed by atoms with Gasteiger partial charge in [-0.1, -0.05) is 6.07 Å². The number of aliphatic hydroxyl groups is 1. The summed E-state index contributed by atoms with van der Waals surface area (Å²) in [5.74, 6) is -1.68. The lowest BCUT2D eigenvalue weighted by molar-refractivity contribution is -0.119. The number of benzene rings is 1. The topological polar surface area (TPSA) is 66.6 Å². The molecule has 116 valence electrons. The summed E-state index contributed by atoms with van der Waals surface area (Å²) < 4.78 is 27.2. The zero-order valence-electron chi connectivity index (χ0n) is 11.8. The number of carbonyl (C=O) groups excluding carboxylic acids is 1. The van der Waals surface area contributed by atoms with Gasteiger partial charge >= 0.3 is 0 Å². The molecule has 1 aromatic carbocycles. The van der Waals surface area contributed by atoms with Crippen LogP contribution < -0.4 is 5.73 Å². The SMILES string of the molecule is NC(=O)CC1CCCN(CC(O)c2c(F)cccc2F)C1. The molecule has 0 saturated carbocycles. The van der Waals surface area contributed by atoms with Crippen molar-refractivity contribution in [1.29, 1.82) is 0 Å². The molecule has 1 fully saturated rings. The van der Waals surface area contributed by atoms with Crippen LogP contribution in [0.3, 0.4) is 0 Å². The lowest BCUT2D eigenvalue weighted by Crippen LogP contribution is -2.39. The number of aliphatic hydroxyl groups excluding tert-OH is 1. The Morgan fingerprint density at radius 1 is 1.43 bits per heavy atom. The van der Waals surface area contributed by atoms with Crippen LogP contribution in [0.4, 0.5) is 8.78 Å². The molecule has 0 aliphatic carbocycles. The second-order valence-electron chi connectivity index (χ2n) is 5.59. The van der Waals surface area contributed by atoms with Crippen molar-refractivity contribution >= 4 is 5.91 Å². The minimum Gasteiger partial charge on any atom is -0.387 e. The van der Waals surface area contributed by atoms with Gasteiger partial charge in [-0.15, -0.1) is 0 Å². The molecule has 2 atom stereocenters. The Labute approximate surface area is 122 Å². The molecule has 1 aromatic rings. The van der Waals surface area contributed by atoms with E-state index in [4.69, 9.17) is 5.73 Å². The molecule has 1 aliphatic rings. The predicted octanol–water partition coefficient (Wildman–Crippen LogP) is 1.59. The number of primary amides is 1. The van der Waals surface area contributed by atoms with E-state index >= 15 is 0 Å². The molecule has 0 radical (unpaired) electrons. The van der Waals surface area contributed by atoms with Crippen LogP contribution in [0.1, 0.15) is 30.9 Å². The van der Waals surface area contributed by atoms with Crippen molar-refractivity contribution in [2.45, 2.75) is 25.4 Å². The summed E-state index contributed by atoms with van der Waals surface area (Å²) >= 11 is 0. The van der Waals surface area contributed by atoms with Crippen LogP contribution in [-0.4, -0.2) is 35.5 Å². The van der Waals surface area contributed by atoms with Crippen molar-refractivity contribution in [1.82, 2.24) is 4.90 Å². The van der Waals surface area contributed by atoms with Crippen molar-refractivity contribution in [3.8, 4) is 0 Å². The molecule has 6 heteroatoms. The van der Waals surface area contributed by atoms with Gasteiger partial charge in [0.25, 0.3) is 0 Å². The highest BCUT2D eigenvalue weighted by molar-refractivity contribution is 5.74. The van der Waals surface area contributed by atoms with E-state index in [1.807, 2.05) is 4.90 Å². The van der Waals surface area contributed by atoms with Crippen molar-refractivity contribution in [2.24, 2.45) is 11.7 Å². The van der Waals surface area contributed by atoms with Gasteiger partial charge in [-0.2, -0.15) is 0 Å². The maximum atomic E-state index is 13.6. The summed E-state index contributed by atoms with van der Waals surface area (Å²) in [6, 6.07) is 3.53. The van der Waals surface area contributed by atoms with Crippen LogP contribution in [0.5, 0.6) is 0 Å². The fourth-order valence-electron chi connectivity index (χ4n) is 2.93. The number of halogens is 2. The van der Waals surface area contributed by atoms with Crippen molar-refractivity contribution in [3.05, 3.63) is 35.4 Å². The molecule has 2 rings (SSSR count). The summed E-state index contributed by atoms with van der Waals surface area (Å²) in [6.07, 6.45) is 0.868. The fraction of sp³-hybridized carbons (Fsp3) is 0.533. The maximum Gasteiger partial charge on any atom is 0.217 e. The van der Waals surface area contributed by atoms with E-state index in [0.717, 1.165) is 31.5 Å². The van der Waals surface area contributed by atoms with Crippen LogP contribution >= 0.6 is 0 Å². The molecular weight excluding hydrogens is 278 g/mol. The Morgan fingerprint density at radius 3 is 2.71 bits per heavy atom. The van der Waals surface area contributed by atoms with Gasteiger partial charge in [-0.3, -0.25) is 4.79 Å². The average Bonchev–Trinajstić information content (AvgIpc) is 2.37. The smallest absolute Gasteiger partial charge is 0.217 e. The zero-order chi connectivity index (χ0) is 15.4. The summed E-state index contributed by atoms with van der Waals surface area (Å²) in [6.45, 7) is 1.49. The lowest BCUT2D eigenvalue weighted by atomic mass is 9.94. The monoisotopic (exact) mass is 298 g/mol. The third-order valence-electron chi connectivity index (χ3n) is 3.86. The maximum absolute atomic E-state index is 13.6. The van der Waals surface area contributed by atoms with E-state index in [9.17, 15) is 18.7 Å². The van der Waals surface area contributed by atoms with Crippen LogP contribution in [0.2, 0.25) is 0 Å². The number of carbonyl (C=O) groups is 1. The molecule has 1 heterocycles. The third-order valence-corrected chi connectivity index (χ3v) is 3.86. The van der Waals surface area contributed by atoms with E-state index in [0.29, 0.717) is 13.0 Å². The van der Waals surface area contributed by atoms with E-state index in [2.05, 4.69) is 0 Å². The third kappa shape index (κ3) is 4.22. The van der Waals surface area contributed by atoms with Gasteiger partial charge < -0.3 is 15.7 Å². The minimum atomic E-state index is -1.22. The van der Waals surface area contributed by atoms with Gasteiger partial charge in [-0.25, -0.2) is 8.78 Å². The second-order valence-corrected chi connectivity index (χ2v) is 5.59. The van der Waals surface area contributed by atoms with Crippen LogP contribution in [0, 0.1) is 17.6 Å². The standard InChI is InChI=1S/C15H20F2N2O2/c16-11-4-1-5-12(17)15(11)13(20)9-19-6-2-3-10(8-19)7-14(18)21/h1,4-5,10,13,20H,2-3,6-9H2,(H2,18,21). The highest BCUT2D eigenvalue weighted by Gasteiger charge is 2.25. The number of amides is 1. The quantitative estimate of drug-likeness (QED) is 0.867. The number of rotatable bonds is 5. The van der Waals surface area contributed by atoms with Gasteiger partial charge in [0.15, 0.2) is 0 Å². The molecule has 1 amide bonds. The van der Waals surface area contributed by atoms with Crippen LogP contribution in [0.15, 0.2) is 18.2 Å². The largest absolute Gasteiger partial charge is 0.387 e. The van der Waals surface area contributed by atoms with Gasteiger partial charge in [0.2, 0.25) is 5.91 Å². The molecule has 1 aliphatic heterocycles. The molecule has 0 bridgehead atoms. The number of nitrogens with two attached hydrogens (primary N) is 1. The van der Waals surface area contributed by atoms with Crippen LogP contribution in [0.25, 0.3) is 0 Å². The van der Waals surface area contributed by atoms with Gasteiger partial charge in [0, 0.05) is 19.5 Å². The Bertz CT molecular complexity index is 490. The second kappa shape index (κ2) is 6.95. The molecule has 0 aromatic heterocycles. The number of likely N-dealkylation sites (tertiary alicyclic amines) is 1. The van der Waals surface area contributed by atoms with Gasteiger partial charge in [-0.05, 0) is 37.4 Å². The van der Waals surface area contributed by atoms with Crippen molar-refractivity contribution < 1.29 is 18.7 Å². The molecule has 21 heavy (non-hydrogen) atoms. The first-order chi connectivity index (χ1) is 9.97. The first kappa shape index (κ1) is 15.9. The first-order valence-electron chi connectivity index (χ1n) is 7.10. The Hall–Kier alpha value is -1.53. The van der Waals surface area contributed by atoms with E-state index in [1.165, 1.54) is 6.07 Å². The van der Waals surface area contributed by atoms with Crippen molar-refractivity contribution in [3.63, 3.8) is 0 Å². The number of nitrogens with zero attached hydrogens (tertiary/aromatic N) is 1. The van der Waals surface area contributed by atoms with E-state index < -0.39 is 17.7 Å². The fourth-order valence-corrected chi connectivity index (χ4v) is 2.93. The zero-order valence-corrected chi connectivity index (χ0v) is 11.8. The summed E-state index contributed by atoms with van der Waals surface area (Å²) in [5.41, 5.74) is 4.90. The van der Waals surface area contributed by atoms with Crippen LogP contribution in [-0.2, 0) is 4.79 Å². The number of piperidine rings is 1. The van der Waals surface area contributed by atoms with Crippen molar-refractivity contribution in [2.75, 3.05) is 19.6 Å². The van der Waals surface area contributed by atoms with E-state index in [-0.39, 0.29) is 23.9 Å². The normalized spacial score (nSPS) is 21.2. The summed E-state index contributed by atoms with van der Waals surface area (Å²) in [5, 5.41) is 10.1. The Morgan fingerprint density at radius 2 is 2.10 bits per heavy atom. The molecule has 2 unspecified atom stereocenters. The highest BCUT2D eigenvalue weighted by atomic mass is 19.1. The van der Waals surface area contributed by atoms with Gasteiger partial charge in [0.05, 0.1) is 11.7 Å². The Kier molecular flexibility index (Phi) is 5.25.